The van der Waals surface area contributed by atoms with Crippen LogP contribution in [0.2, 0.25) is 5.02 Å². The predicted molar refractivity (Wildman–Crippen MR) is 208 cm³/mol. The first-order valence-electron chi connectivity index (χ1n) is 18.3. The summed E-state index contributed by atoms with van der Waals surface area (Å²) in [5.41, 5.74) is 3.85. The van der Waals surface area contributed by atoms with Crippen LogP contribution in [-0.2, 0) is 25.5 Å². The minimum atomic E-state index is -1.09. The third kappa shape index (κ3) is 9.14. The van der Waals surface area contributed by atoms with Crippen LogP contribution in [0, 0.1) is 11.7 Å². The number of benzene rings is 3. The minimum absolute atomic E-state index is 0.0180. The predicted octanol–water partition coefficient (Wildman–Crippen LogP) is 7.07. The van der Waals surface area contributed by atoms with Crippen molar-refractivity contribution in [1.82, 2.24) is 30.0 Å². The zero-order chi connectivity index (χ0) is 40.1. The van der Waals surface area contributed by atoms with Gasteiger partial charge in [-0.25, -0.2) is 14.0 Å². The molecule has 3 amide bonds. The number of carbonyl (C=O) groups excluding carboxylic acids is 4. The average molecular weight is 784 g/mol. The van der Waals surface area contributed by atoms with Crippen molar-refractivity contribution in [3.05, 3.63) is 112 Å². The highest BCUT2D eigenvalue weighted by atomic mass is 35.5. The Morgan fingerprint density at radius 3 is 2.46 bits per heavy atom. The van der Waals surface area contributed by atoms with Gasteiger partial charge in [-0.3, -0.25) is 9.59 Å². The van der Waals surface area contributed by atoms with Crippen LogP contribution in [0.5, 0.6) is 0 Å². The van der Waals surface area contributed by atoms with Crippen molar-refractivity contribution in [2.75, 3.05) is 31.6 Å². The van der Waals surface area contributed by atoms with E-state index in [1.165, 1.54) is 40.2 Å². The lowest BCUT2D eigenvalue weighted by atomic mass is 9.84. The van der Waals surface area contributed by atoms with Gasteiger partial charge in [0.1, 0.15) is 18.0 Å². The lowest BCUT2D eigenvalue weighted by Gasteiger charge is -2.37. The number of amides is 3. The molecule has 1 N–H and O–H groups in total. The fraction of sp³-hybridized carbons (Fsp3) is 0.341. The number of halogens is 2. The molecule has 292 valence electrons. The molecule has 1 unspecified atom stereocenters. The van der Waals surface area contributed by atoms with Gasteiger partial charge < -0.3 is 24.6 Å². The van der Waals surface area contributed by atoms with Crippen molar-refractivity contribution >= 4 is 52.8 Å². The second-order valence-corrected chi connectivity index (χ2v) is 15.3. The molecule has 3 aromatic carbocycles. The summed E-state index contributed by atoms with van der Waals surface area (Å²) >= 11 is 6.12. The monoisotopic (exact) mass is 783 g/mol. The number of rotatable bonds is 9. The number of anilines is 1. The van der Waals surface area contributed by atoms with Gasteiger partial charge in [0, 0.05) is 37.0 Å². The molecule has 3 heterocycles. The molecule has 2 aliphatic heterocycles. The molecule has 2 aliphatic rings. The Balaban J connectivity index is 1.31. The second-order valence-electron chi connectivity index (χ2n) is 14.9. The van der Waals surface area contributed by atoms with Crippen LogP contribution in [0.4, 0.5) is 14.9 Å². The van der Waals surface area contributed by atoms with E-state index in [1.54, 1.807) is 29.2 Å². The van der Waals surface area contributed by atoms with E-state index in [1.807, 2.05) is 58.9 Å². The van der Waals surface area contributed by atoms with Gasteiger partial charge in [-0.1, -0.05) is 49.7 Å². The number of ether oxygens (including phenoxy) is 2. The summed E-state index contributed by atoms with van der Waals surface area (Å²) in [6.45, 7) is 10.6. The Hall–Kier alpha value is -5.89. The average Bonchev–Trinajstić information content (AvgIpc) is 3.71. The van der Waals surface area contributed by atoms with Crippen molar-refractivity contribution < 1.29 is 33.0 Å². The summed E-state index contributed by atoms with van der Waals surface area (Å²) in [6, 6.07) is 13.8. The molecular weight excluding hydrogens is 741 g/mol. The van der Waals surface area contributed by atoms with Crippen molar-refractivity contribution in [1.29, 1.82) is 0 Å². The number of tetrazole rings is 1. The van der Waals surface area contributed by atoms with Crippen LogP contribution in [0.25, 0.3) is 17.3 Å². The van der Waals surface area contributed by atoms with E-state index < -0.39 is 35.2 Å². The van der Waals surface area contributed by atoms with Crippen molar-refractivity contribution in [3.8, 4) is 5.69 Å². The van der Waals surface area contributed by atoms with Crippen LogP contribution in [0.3, 0.4) is 0 Å². The van der Waals surface area contributed by atoms with Crippen LogP contribution in [0.15, 0.2) is 73.1 Å². The summed E-state index contributed by atoms with van der Waals surface area (Å²) in [4.78, 5) is 56.8. The molecule has 0 saturated heterocycles. The third-order valence-electron chi connectivity index (χ3n) is 9.19. The smallest absolute Gasteiger partial charge is 0.410 e. The lowest BCUT2D eigenvalue weighted by Crippen LogP contribution is -2.45. The molecule has 56 heavy (non-hydrogen) atoms. The van der Waals surface area contributed by atoms with Gasteiger partial charge in [-0.2, -0.15) is 4.68 Å². The second kappa shape index (κ2) is 16.9. The molecule has 0 spiro atoms. The molecule has 0 saturated carbocycles. The number of hydrogen-bond acceptors (Lipinski definition) is 9. The molecule has 4 aromatic rings. The van der Waals surface area contributed by atoms with Gasteiger partial charge in [-0.05, 0) is 115 Å². The molecule has 0 fully saturated rings. The van der Waals surface area contributed by atoms with E-state index in [4.69, 9.17) is 21.1 Å². The normalized spacial score (nSPS) is 15.7. The lowest BCUT2D eigenvalue weighted by molar-refractivity contribution is -0.135. The first kappa shape index (κ1) is 39.8. The number of nitrogens with zero attached hydrogens (tertiary/aromatic N) is 6. The first-order chi connectivity index (χ1) is 26.7. The van der Waals surface area contributed by atoms with Gasteiger partial charge in [-0.15, -0.1) is 5.10 Å². The van der Waals surface area contributed by atoms with Crippen LogP contribution in [0.1, 0.15) is 79.7 Å². The largest absolute Gasteiger partial charge is 0.462 e. The summed E-state index contributed by atoms with van der Waals surface area (Å²) in [5, 5.41) is 13.9. The summed E-state index contributed by atoms with van der Waals surface area (Å²) < 4.78 is 27.5. The highest BCUT2D eigenvalue weighted by molar-refractivity contribution is 6.31. The highest BCUT2D eigenvalue weighted by Gasteiger charge is 2.37. The Labute approximate surface area is 329 Å². The number of nitrogens with one attached hydrogen (secondary N) is 1. The van der Waals surface area contributed by atoms with Crippen molar-refractivity contribution in [2.24, 2.45) is 5.92 Å². The standard InChI is InChI=1S/C41H43ClFN7O6/c1-25(2)23-55-39(53)27-9-11-28(12-10-27)45-38(52)37-31-8-6-7-29(26-17-20-48(21-18-26)40(54)56-41(3,4)5)30(31)19-22-49(37)35(51)16-13-32-34(50-24-44-46-47-50)15-14-33(42)36(32)43/h6-17,24-25,37H,18-23H2,1-5H3,(H,45,52)/b16-13+. The van der Waals surface area contributed by atoms with Crippen molar-refractivity contribution in [3.63, 3.8) is 0 Å². The molecule has 0 bridgehead atoms. The molecule has 15 heteroatoms. The molecule has 1 atom stereocenters. The zero-order valence-electron chi connectivity index (χ0n) is 31.8. The van der Waals surface area contributed by atoms with Crippen LogP contribution < -0.4 is 5.32 Å². The Morgan fingerprint density at radius 2 is 1.80 bits per heavy atom. The Morgan fingerprint density at radius 1 is 1.04 bits per heavy atom. The number of hydrogen-bond donors (Lipinski definition) is 1. The quantitative estimate of drug-likeness (QED) is 0.139. The molecule has 1 aromatic heterocycles. The number of aromatic nitrogens is 4. The Bertz CT molecular complexity index is 2180. The summed E-state index contributed by atoms with van der Waals surface area (Å²) in [5.74, 6) is -2.10. The SMILES string of the molecule is CC(C)COC(=O)c1ccc(NC(=O)C2c3cccc(C4=CCN(C(=O)OC(C)(C)C)CC4)c3CCN2C(=O)/C=C/c2c(-n3cnnn3)ccc(Cl)c2F)cc1. The highest BCUT2D eigenvalue weighted by Crippen LogP contribution is 2.37. The molecule has 6 rings (SSSR count). The summed E-state index contributed by atoms with van der Waals surface area (Å²) in [6.07, 6.45) is 6.39. The van der Waals surface area contributed by atoms with Crippen LogP contribution >= 0.6 is 11.6 Å². The maximum atomic E-state index is 15.4. The van der Waals surface area contributed by atoms with Gasteiger partial charge >= 0.3 is 12.1 Å². The van der Waals surface area contributed by atoms with Gasteiger partial charge in [0.25, 0.3) is 5.91 Å². The van der Waals surface area contributed by atoms with Crippen LogP contribution in [-0.4, -0.2) is 85.7 Å². The van der Waals surface area contributed by atoms with E-state index in [9.17, 15) is 19.2 Å². The van der Waals surface area contributed by atoms with Gasteiger partial charge in [0.05, 0.1) is 22.9 Å². The molecule has 0 radical (unpaired) electrons. The third-order valence-corrected chi connectivity index (χ3v) is 9.49. The maximum Gasteiger partial charge on any atom is 0.410 e. The van der Waals surface area contributed by atoms with E-state index in [0.717, 1.165) is 16.7 Å². The van der Waals surface area contributed by atoms with E-state index in [2.05, 4.69) is 20.8 Å². The minimum Gasteiger partial charge on any atom is -0.462 e. The number of carbonyl (C=O) groups is 4. The van der Waals surface area contributed by atoms with Gasteiger partial charge in [0.2, 0.25) is 5.91 Å². The van der Waals surface area contributed by atoms with Gasteiger partial charge in [0.15, 0.2) is 5.82 Å². The van der Waals surface area contributed by atoms with E-state index in [0.29, 0.717) is 42.7 Å². The first-order valence-corrected chi connectivity index (χ1v) is 18.6. The fourth-order valence-corrected chi connectivity index (χ4v) is 6.72. The number of fused-ring (bicyclic) bond motifs is 1. The molecular formula is C41H43ClFN7O6. The summed E-state index contributed by atoms with van der Waals surface area (Å²) in [7, 11) is 0. The topological polar surface area (TPSA) is 149 Å². The number of esters is 1. The van der Waals surface area contributed by atoms with Crippen molar-refractivity contribution in [2.45, 2.75) is 59.1 Å². The fourth-order valence-electron chi connectivity index (χ4n) is 6.56. The van der Waals surface area contributed by atoms with E-state index in [-0.39, 0.29) is 41.4 Å². The molecule has 0 aliphatic carbocycles. The van der Waals surface area contributed by atoms with E-state index >= 15 is 4.39 Å². The maximum absolute atomic E-state index is 15.4. The Kier molecular flexibility index (Phi) is 12.0. The zero-order valence-corrected chi connectivity index (χ0v) is 32.5. The molecule has 13 nitrogen and oxygen atoms in total.